The molecule has 0 atom stereocenters. The van der Waals surface area contributed by atoms with Crippen molar-refractivity contribution in [1.82, 2.24) is 0 Å². The lowest BCUT2D eigenvalue weighted by atomic mass is 10.1. The number of hydrogen-bond acceptors (Lipinski definition) is 2. The number of rotatable bonds is 2. The number of benzene rings is 1. The van der Waals surface area contributed by atoms with Gasteiger partial charge in [0.05, 0.1) is 0 Å². The predicted molar refractivity (Wildman–Crippen MR) is 65.3 cm³/mol. The molecule has 1 heterocycles. The van der Waals surface area contributed by atoms with E-state index in [2.05, 4.69) is 0 Å². The molecule has 1 aromatic rings. The summed E-state index contributed by atoms with van der Waals surface area (Å²) in [6.07, 6.45) is -3.20. The summed E-state index contributed by atoms with van der Waals surface area (Å²) in [6, 6.07) is 4.34. The summed E-state index contributed by atoms with van der Waals surface area (Å²) in [5.41, 5.74) is 6.13. The van der Waals surface area contributed by atoms with Gasteiger partial charge in [0.15, 0.2) is 0 Å². The van der Waals surface area contributed by atoms with Gasteiger partial charge in [0.2, 0.25) is 0 Å². The zero-order chi connectivity index (χ0) is 14.0. The number of halogens is 4. The summed E-state index contributed by atoms with van der Waals surface area (Å²) in [4.78, 5) is 1.71. The van der Waals surface area contributed by atoms with Gasteiger partial charge in [-0.05, 0) is 30.2 Å². The fourth-order valence-corrected chi connectivity index (χ4v) is 2.09. The molecule has 0 fully saturated rings. The first-order chi connectivity index (χ1) is 8.90. The van der Waals surface area contributed by atoms with Gasteiger partial charge < -0.3 is 10.6 Å². The molecule has 0 unspecified atom stereocenters. The maximum Gasteiger partial charge on any atom is 0.412 e. The van der Waals surface area contributed by atoms with E-state index in [9.17, 15) is 17.6 Å². The maximum absolute atomic E-state index is 13.4. The zero-order valence-electron chi connectivity index (χ0n) is 10.2. The molecule has 2 N–H and O–H groups in total. The third kappa shape index (κ3) is 3.26. The number of nitrogens with two attached hydrogens (primary N) is 1. The predicted octanol–water partition coefficient (Wildman–Crippen LogP) is 2.98. The SMILES string of the molecule is NCc1cc(F)cc(N2CC=C(C(F)(F)F)CC2)c1. The highest BCUT2D eigenvalue weighted by Gasteiger charge is 2.34. The van der Waals surface area contributed by atoms with Crippen molar-refractivity contribution in [2.75, 3.05) is 18.0 Å². The van der Waals surface area contributed by atoms with Crippen molar-refractivity contribution in [2.45, 2.75) is 19.1 Å². The third-order valence-electron chi connectivity index (χ3n) is 3.12. The number of alkyl halides is 3. The Morgan fingerprint density at radius 2 is 1.95 bits per heavy atom. The third-order valence-corrected chi connectivity index (χ3v) is 3.12. The first-order valence-electron chi connectivity index (χ1n) is 5.91. The van der Waals surface area contributed by atoms with Crippen molar-refractivity contribution in [1.29, 1.82) is 0 Å². The van der Waals surface area contributed by atoms with E-state index >= 15 is 0 Å². The van der Waals surface area contributed by atoms with Gasteiger partial charge in [-0.3, -0.25) is 0 Å². The van der Waals surface area contributed by atoms with Crippen LogP contribution in [0.4, 0.5) is 23.2 Å². The van der Waals surface area contributed by atoms with Gasteiger partial charge in [0.1, 0.15) is 5.82 Å². The van der Waals surface area contributed by atoms with Gasteiger partial charge >= 0.3 is 6.18 Å². The van der Waals surface area contributed by atoms with Crippen LogP contribution >= 0.6 is 0 Å². The largest absolute Gasteiger partial charge is 0.412 e. The molecule has 1 aromatic carbocycles. The molecule has 0 amide bonds. The van der Waals surface area contributed by atoms with Crippen LogP contribution in [0.3, 0.4) is 0 Å². The van der Waals surface area contributed by atoms with Gasteiger partial charge in [-0.2, -0.15) is 13.2 Å². The first kappa shape index (κ1) is 13.9. The van der Waals surface area contributed by atoms with E-state index in [1.165, 1.54) is 12.1 Å². The van der Waals surface area contributed by atoms with Crippen LogP contribution in [0.2, 0.25) is 0 Å². The number of anilines is 1. The highest BCUT2D eigenvalue weighted by Crippen LogP contribution is 2.31. The van der Waals surface area contributed by atoms with Crippen molar-refractivity contribution >= 4 is 5.69 Å². The van der Waals surface area contributed by atoms with E-state index in [-0.39, 0.29) is 26.1 Å². The molecule has 2 nitrogen and oxygen atoms in total. The standard InChI is InChI=1S/C13H14F4N2/c14-11-5-9(8-18)6-12(7-11)19-3-1-10(2-4-19)13(15,16)17/h1,5-7H,2-4,8,18H2. The molecule has 0 radical (unpaired) electrons. The van der Waals surface area contributed by atoms with Crippen LogP contribution in [0.5, 0.6) is 0 Å². The van der Waals surface area contributed by atoms with Crippen LogP contribution in [-0.2, 0) is 6.54 Å². The molecular formula is C13H14F4N2. The summed E-state index contributed by atoms with van der Waals surface area (Å²) >= 11 is 0. The molecule has 6 heteroatoms. The molecule has 2 rings (SSSR count). The van der Waals surface area contributed by atoms with E-state index in [1.807, 2.05) is 0 Å². The lowest BCUT2D eigenvalue weighted by molar-refractivity contribution is -0.0943. The Hall–Kier alpha value is -1.56. The Balaban J connectivity index is 2.18. The van der Waals surface area contributed by atoms with Crippen molar-refractivity contribution in [3.8, 4) is 0 Å². The van der Waals surface area contributed by atoms with Crippen LogP contribution in [-0.4, -0.2) is 19.3 Å². The molecule has 0 spiro atoms. The second kappa shape index (κ2) is 5.21. The van der Waals surface area contributed by atoms with E-state index in [0.29, 0.717) is 11.3 Å². The van der Waals surface area contributed by atoms with Crippen LogP contribution in [0.15, 0.2) is 29.8 Å². The highest BCUT2D eigenvalue weighted by molar-refractivity contribution is 5.51. The Kier molecular flexibility index (Phi) is 3.80. The van der Waals surface area contributed by atoms with Crippen LogP contribution in [0, 0.1) is 5.82 Å². The lowest BCUT2D eigenvalue weighted by Gasteiger charge is -2.29. The molecule has 1 aliphatic heterocycles. The minimum Gasteiger partial charge on any atom is -0.367 e. The molecule has 1 aliphatic rings. The zero-order valence-corrected chi connectivity index (χ0v) is 10.2. The fraction of sp³-hybridized carbons (Fsp3) is 0.385. The molecule has 0 aromatic heterocycles. The lowest BCUT2D eigenvalue weighted by Crippen LogP contribution is -2.32. The van der Waals surface area contributed by atoms with Gasteiger partial charge in [-0.15, -0.1) is 0 Å². The van der Waals surface area contributed by atoms with Gasteiger partial charge in [0, 0.05) is 30.9 Å². The molecular weight excluding hydrogens is 260 g/mol. The summed E-state index contributed by atoms with van der Waals surface area (Å²) < 4.78 is 50.8. The van der Waals surface area contributed by atoms with Crippen LogP contribution in [0.1, 0.15) is 12.0 Å². The van der Waals surface area contributed by atoms with Gasteiger partial charge in [-0.25, -0.2) is 4.39 Å². The Morgan fingerprint density at radius 3 is 2.47 bits per heavy atom. The average molecular weight is 274 g/mol. The van der Waals surface area contributed by atoms with E-state index in [0.717, 1.165) is 6.08 Å². The quantitative estimate of drug-likeness (QED) is 0.663. The van der Waals surface area contributed by atoms with E-state index < -0.39 is 17.6 Å². The average Bonchev–Trinajstić information content (AvgIpc) is 2.37. The van der Waals surface area contributed by atoms with Crippen molar-refractivity contribution in [2.24, 2.45) is 5.73 Å². The van der Waals surface area contributed by atoms with Crippen LogP contribution < -0.4 is 10.6 Å². The minimum atomic E-state index is -4.27. The topological polar surface area (TPSA) is 29.3 Å². The van der Waals surface area contributed by atoms with E-state index in [1.54, 1.807) is 11.0 Å². The maximum atomic E-state index is 13.4. The number of hydrogen-bond donors (Lipinski definition) is 1. The van der Waals surface area contributed by atoms with Crippen LogP contribution in [0.25, 0.3) is 0 Å². The Labute approximate surface area is 108 Å². The van der Waals surface area contributed by atoms with Crippen molar-refractivity contribution in [3.05, 3.63) is 41.2 Å². The highest BCUT2D eigenvalue weighted by atomic mass is 19.4. The molecule has 0 aliphatic carbocycles. The second-order valence-electron chi connectivity index (χ2n) is 4.44. The van der Waals surface area contributed by atoms with Crippen molar-refractivity contribution in [3.63, 3.8) is 0 Å². The molecule has 104 valence electrons. The summed E-state index contributed by atoms with van der Waals surface area (Å²) in [6.45, 7) is 0.545. The van der Waals surface area contributed by atoms with E-state index in [4.69, 9.17) is 5.73 Å². The summed E-state index contributed by atoms with van der Waals surface area (Å²) in [7, 11) is 0. The van der Waals surface area contributed by atoms with Crippen molar-refractivity contribution < 1.29 is 17.6 Å². The van der Waals surface area contributed by atoms with Gasteiger partial charge in [0.25, 0.3) is 0 Å². The smallest absolute Gasteiger partial charge is 0.367 e. The summed E-state index contributed by atoms with van der Waals surface area (Å²) in [5, 5.41) is 0. The Morgan fingerprint density at radius 1 is 1.21 bits per heavy atom. The minimum absolute atomic E-state index is 0.0853. The molecule has 0 bridgehead atoms. The normalized spacial score (nSPS) is 16.5. The second-order valence-corrected chi connectivity index (χ2v) is 4.44. The fourth-order valence-electron chi connectivity index (χ4n) is 2.09. The number of nitrogens with zero attached hydrogens (tertiary/aromatic N) is 1. The monoisotopic (exact) mass is 274 g/mol. The molecule has 0 saturated carbocycles. The Bertz CT molecular complexity index is 494. The first-order valence-corrected chi connectivity index (χ1v) is 5.91. The van der Waals surface area contributed by atoms with Gasteiger partial charge in [-0.1, -0.05) is 6.08 Å². The molecule has 19 heavy (non-hydrogen) atoms. The molecule has 0 saturated heterocycles. The summed E-state index contributed by atoms with van der Waals surface area (Å²) in [5.74, 6) is -0.427.